The molecule has 98 valence electrons. The minimum Gasteiger partial charge on any atom is -0.381 e. The van der Waals surface area contributed by atoms with Gasteiger partial charge in [-0.1, -0.05) is 0 Å². The first kappa shape index (κ1) is 13.0. The molecule has 1 N–H and O–H groups in total. The molecule has 2 rings (SSSR count). The van der Waals surface area contributed by atoms with Gasteiger partial charge in [0.25, 0.3) is 0 Å². The molecule has 0 radical (unpaired) electrons. The normalized spacial score (nSPS) is 22.9. The fourth-order valence-corrected chi connectivity index (χ4v) is 2.45. The van der Waals surface area contributed by atoms with Gasteiger partial charge in [-0.25, -0.2) is 0 Å². The molecule has 0 aliphatic heterocycles. The van der Waals surface area contributed by atoms with Gasteiger partial charge in [0.1, 0.15) is 0 Å². The fourth-order valence-electron chi connectivity index (χ4n) is 2.45. The number of aromatic nitrogens is 1. The van der Waals surface area contributed by atoms with E-state index in [0.717, 1.165) is 25.8 Å². The van der Waals surface area contributed by atoms with Crippen LogP contribution in [-0.2, 0) is 11.3 Å². The number of aryl methyl sites for hydroxylation is 1. The summed E-state index contributed by atoms with van der Waals surface area (Å²) in [7, 11) is 0. The summed E-state index contributed by atoms with van der Waals surface area (Å²) < 4.78 is 7.83. The highest BCUT2D eigenvalue weighted by molar-refractivity contribution is 5.42. The minimum atomic E-state index is 0.323. The number of nitrogens with zero attached hydrogens (tertiary/aromatic N) is 2. The molecule has 1 fully saturated rings. The standard InChI is InChI=1S/C14H21N3O/c1-2-17-8-6-13(11-17)16-12-4-5-14(10-12)18-9-3-7-15/h6,8,11-12,14,16H,2-5,9-10H2,1H3. The highest BCUT2D eigenvalue weighted by Crippen LogP contribution is 2.25. The van der Waals surface area contributed by atoms with Gasteiger partial charge in [-0.05, 0) is 32.3 Å². The first-order valence-corrected chi connectivity index (χ1v) is 6.72. The molecule has 0 amide bonds. The van der Waals surface area contributed by atoms with Gasteiger partial charge < -0.3 is 14.6 Å². The SMILES string of the molecule is CCn1ccc(NC2CCC(OCCC#N)C2)c1. The second-order valence-electron chi connectivity index (χ2n) is 4.79. The summed E-state index contributed by atoms with van der Waals surface area (Å²) in [5, 5.41) is 12.0. The lowest BCUT2D eigenvalue weighted by Gasteiger charge is -2.13. The van der Waals surface area contributed by atoms with Gasteiger partial charge >= 0.3 is 0 Å². The second kappa shape index (κ2) is 6.46. The van der Waals surface area contributed by atoms with Crippen molar-refractivity contribution < 1.29 is 4.74 Å². The van der Waals surface area contributed by atoms with E-state index in [-0.39, 0.29) is 0 Å². The number of rotatable bonds is 6. The van der Waals surface area contributed by atoms with Crippen molar-refractivity contribution in [2.24, 2.45) is 0 Å². The first-order valence-electron chi connectivity index (χ1n) is 6.72. The van der Waals surface area contributed by atoms with Gasteiger partial charge in [-0.15, -0.1) is 0 Å². The zero-order chi connectivity index (χ0) is 12.8. The molecule has 0 spiro atoms. The third kappa shape index (κ3) is 3.51. The van der Waals surface area contributed by atoms with E-state index >= 15 is 0 Å². The molecular weight excluding hydrogens is 226 g/mol. The van der Waals surface area contributed by atoms with Crippen molar-refractivity contribution in [2.45, 2.75) is 51.3 Å². The molecule has 4 nitrogen and oxygen atoms in total. The summed E-state index contributed by atoms with van der Waals surface area (Å²) in [6.45, 7) is 3.71. The molecule has 2 atom stereocenters. The van der Waals surface area contributed by atoms with Crippen LogP contribution in [0.2, 0.25) is 0 Å². The van der Waals surface area contributed by atoms with Crippen LogP contribution in [0.1, 0.15) is 32.6 Å². The summed E-state index contributed by atoms with van der Waals surface area (Å²) in [5.74, 6) is 0. The van der Waals surface area contributed by atoms with Crippen LogP contribution < -0.4 is 5.32 Å². The van der Waals surface area contributed by atoms with Crippen molar-refractivity contribution in [1.82, 2.24) is 4.57 Å². The molecule has 1 aromatic heterocycles. The van der Waals surface area contributed by atoms with Gasteiger partial charge in [0.15, 0.2) is 0 Å². The number of hydrogen-bond acceptors (Lipinski definition) is 3. The Morgan fingerprint density at radius 2 is 2.44 bits per heavy atom. The third-order valence-electron chi connectivity index (χ3n) is 3.44. The Balaban J connectivity index is 1.74. The van der Waals surface area contributed by atoms with Gasteiger partial charge in [0.2, 0.25) is 0 Å². The van der Waals surface area contributed by atoms with Crippen LogP contribution in [0, 0.1) is 11.3 Å². The Kier molecular flexibility index (Phi) is 4.66. The largest absolute Gasteiger partial charge is 0.381 e. The molecule has 4 heteroatoms. The summed E-state index contributed by atoms with van der Waals surface area (Å²) in [6, 6.07) is 4.73. The number of nitrogens with one attached hydrogen (secondary N) is 1. The monoisotopic (exact) mass is 247 g/mol. The van der Waals surface area contributed by atoms with E-state index in [0.29, 0.717) is 25.2 Å². The molecule has 1 aliphatic carbocycles. The van der Waals surface area contributed by atoms with E-state index in [4.69, 9.17) is 10.00 Å². The molecule has 1 aromatic rings. The lowest BCUT2D eigenvalue weighted by Crippen LogP contribution is -2.17. The molecule has 18 heavy (non-hydrogen) atoms. The van der Waals surface area contributed by atoms with E-state index in [2.05, 4.69) is 41.3 Å². The molecule has 1 saturated carbocycles. The van der Waals surface area contributed by atoms with Crippen LogP contribution in [0.25, 0.3) is 0 Å². The van der Waals surface area contributed by atoms with Crippen molar-refractivity contribution in [3.8, 4) is 6.07 Å². The Morgan fingerprint density at radius 3 is 3.17 bits per heavy atom. The van der Waals surface area contributed by atoms with E-state index in [1.807, 2.05) is 0 Å². The van der Waals surface area contributed by atoms with E-state index in [1.54, 1.807) is 0 Å². The Bertz CT molecular complexity index is 407. The molecule has 0 aromatic carbocycles. The molecule has 1 heterocycles. The van der Waals surface area contributed by atoms with E-state index in [9.17, 15) is 0 Å². The summed E-state index contributed by atoms with van der Waals surface area (Å²) in [4.78, 5) is 0. The van der Waals surface area contributed by atoms with E-state index in [1.165, 1.54) is 5.69 Å². The maximum atomic E-state index is 8.47. The molecular formula is C14H21N3O. The zero-order valence-corrected chi connectivity index (χ0v) is 10.9. The van der Waals surface area contributed by atoms with Gasteiger partial charge in [-0.3, -0.25) is 0 Å². The van der Waals surface area contributed by atoms with Crippen LogP contribution >= 0.6 is 0 Å². The van der Waals surface area contributed by atoms with Crippen molar-refractivity contribution in [2.75, 3.05) is 11.9 Å². The Morgan fingerprint density at radius 1 is 1.56 bits per heavy atom. The number of anilines is 1. The van der Waals surface area contributed by atoms with Gasteiger partial charge in [-0.2, -0.15) is 5.26 Å². The number of hydrogen-bond donors (Lipinski definition) is 1. The fraction of sp³-hybridized carbons (Fsp3) is 0.643. The number of nitriles is 1. The lowest BCUT2D eigenvalue weighted by molar-refractivity contribution is 0.0619. The maximum absolute atomic E-state index is 8.47. The Labute approximate surface area is 109 Å². The second-order valence-corrected chi connectivity index (χ2v) is 4.79. The van der Waals surface area contributed by atoms with Crippen molar-refractivity contribution in [1.29, 1.82) is 5.26 Å². The van der Waals surface area contributed by atoms with Crippen LogP contribution in [-0.4, -0.2) is 23.3 Å². The first-order chi connectivity index (χ1) is 8.81. The van der Waals surface area contributed by atoms with Crippen molar-refractivity contribution in [3.05, 3.63) is 18.5 Å². The highest BCUT2D eigenvalue weighted by Gasteiger charge is 2.25. The van der Waals surface area contributed by atoms with Crippen molar-refractivity contribution in [3.63, 3.8) is 0 Å². The molecule has 0 saturated heterocycles. The zero-order valence-electron chi connectivity index (χ0n) is 10.9. The average molecular weight is 247 g/mol. The van der Waals surface area contributed by atoms with Crippen LogP contribution in [0.4, 0.5) is 5.69 Å². The topological polar surface area (TPSA) is 50.0 Å². The lowest BCUT2D eigenvalue weighted by atomic mass is 10.2. The smallest absolute Gasteiger partial charge is 0.0645 e. The third-order valence-corrected chi connectivity index (χ3v) is 3.44. The predicted molar refractivity (Wildman–Crippen MR) is 71.3 cm³/mol. The van der Waals surface area contributed by atoms with Crippen LogP contribution in [0.3, 0.4) is 0 Å². The average Bonchev–Trinajstić information content (AvgIpc) is 3.00. The minimum absolute atomic E-state index is 0.323. The Hall–Kier alpha value is -1.47. The highest BCUT2D eigenvalue weighted by atomic mass is 16.5. The summed E-state index contributed by atoms with van der Waals surface area (Å²) in [6.07, 6.45) is 8.34. The quantitative estimate of drug-likeness (QED) is 0.786. The molecule has 0 bridgehead atoms. The molecule has 2 unspecified atom stereocenters. The summed E-state index contributed by atoms with van der Waals surface area (Å²) >= 11 is 0. The van der Waals surface area contributed by atoms with Crippen molar-refractivity contribution >= 4 is 5.69 Å². The number of ether oxygens (including phenoxy) is 1. The maximum Gasteiger partial charge on any atom is 0.0645 e. The van der Waals surface area contributed by atoms with Gasteiger partial charge in [0, 0.05) is 25.0 Å². The van der Waals surface area contributed by atoms with Gasteiger partial charge in [0.05, 0.1) is 30.9 Å². The van der Waals surface area contributed by atoms with Crippen LogP contribution in [0.15, 0.2) is 18.5 Å². The molecule has 1 aliphatic rings. The van der Waals surface area contributed by atoms with Crippen LogP contribution in [0.5, 0.6) is 0 Å². The predicted octanol–water partition coefficient (Wildman–Crippen LogP) is 2.77. The van der Waals surface area contributed by atoms with E-state index < -0.39 is 0 Å². The summed E-state index contributed by atoms with van der Waals surface area (Å²) in [5.41, 5.74) is 1.19.